The fraction of sp³-hybridized carbons (Fsp3) is 0.231. The van der Waals surface area contributed by atoms with Gasteiger partial charge < -0.3 is 14.2 Å². The number of carbonyl (C=O) groups is 1. The van der Waals surface area contributed by atoms with Crippen molar-refractivity contribution in [3.8, 4) is 17.2 Å². The molecule has 0 radical (unpaired) electrons. The van der Waals surface area contributed by atoms with E-state index in [-0.39, 0.29) is 4.90 Å². The molecule has 10 heteroatoms. The number of anilines is 1. The van der Waals surface area contributed by atoms with Crippen LogP contribution in [0, 0.1) is 6.92 Å². The van der Waals surface area contributed by atoms with E-state index in [1.54, 1.807) is 68.6 Å². The Morgan fingerprint density at radius 2 is 1.53 bits per heavy atom. The molecule has 0 aliphatic carbocycles. The number of ether oxygens (including phenoxy) is 3. The monoisotopic (exact) mass is 511 g/mol. The number of amides is 1. The van der Waals surface area contributed by atoms with Crippen molar-refractivity contribution in [1.82, 2.24) is 5.43 Å². The standard InChI is InChI=1S/C26H29N3O6S/c1-18-6-9-21(10-7-18)29(36(31,32)23-13-11-22(33-3)12-14-23)17-26(30)28-27-19(2)20-8-15-24(34-4)25(16-20)35-5/h6-16H,17H2,1-5H3,(H,28,30)/b27-19-. The van der Waals surface area contributed by atoms with Crippen LogP contribution in [0.5, 0.6) is 17.2 Å². The van der Waals surface area contributed by atoms with E-state index in [1.807, 2.05) is 6.92 Å². The normalized spacial score (nSPS) is 11.5. The van der Waals surface area contributed by atoms with Crippen LogP contribution in [0.15, 0.2) is 76.7 Å². The number of hydrogen-bond donors (Lipinski definition) is 1. The van der Waals surface area contributed by atoms with Crippen molar-refractivity contribution in [3.05, 3.63) is 77.9 Å². The van der Waals surface area contributed by atoms with Crippen LogP contribution in [0.3, 0.4) is 0 Å². The highest BCUT2D eigenvalue weighted by Crippen LogP contribution is 2.28. The first-order valence-corrected chi connectivity index (χ1v) is 12.4. The molecule has 3 aromatic rings. The van der Waals surface area contributed by atoms with Gasteiger partial charge in [-0.1, -0.05) is 17.7 Å². The van der Waals surface area contributed by atoms with Gasteiger partial charge in [-0.15, -0.1) is 0 Å². The third-order valence-corrected chi connectivity index (χ3v) is 7.19. The Kier molecular flexibility index (Phi) is 8.55. The molecule has 0 atom stereocenters. The molecule has 3 rings (SSSR count). The lowest BCUT2D eigenvalue weighted by molar-refractivity contribution is -0.119. The number of hydrazone groups is 1. The van der Waals surface area contributed by atoms with Gasteiger partial charge in [0.25, 0.3) is 15.9 Å². The van der Waals surface area contributed by atoms with E-state index in [2.05, 4.69) is 10.5 Å². The van der Waals surface area contributed by atoms with Crippen LogP contribution in [0.4, 0.5) is 5.69 Å². The maximum Gasteiger partial charge on any atom is 0.264 e. The van der Waals surface area contributed by atoms with Crippen molar-refractivity contribution in [2.24, 2.45) is 5.10 Å². The molecule has 0 saturated carbocycles. The SMILES string of the molecule is COc1ccc(S(=O)(=O)N(CC(=O)N/N=C(/C)c2ccc(OC)c(OC)c2)c2ccc(C)cc2)cc1. The molecule has 0 unspecified atom stereocenters. The van der Waals surface area contributed by atoms with Crippen molar-refractivity contribution in [2.75, 3.05) is 32.2 Å². The predicted octanol–water partition coefficient (Wildman–Crippen LogP) is 3.76. The summed E-state index contributed by atoms with van der Waals surface area (Å²) in [5, 5.41) is 4.15. The fourth-order valence-corrected chi connectivity index (χ4v) is 4.76. The maximum atomic E-state index is 13.5. The van der Waals surface area contributed by atoms with Crippen LogP contribution < -0.4 is 23.9 Å². The van der Waals surface area contributed by atoms with Crippen LogP contribution in [0.2, 0.25) is 0 Å². The highest BCUT2D eigenvalue weighted by molar-refractivity contribution is 7.92. The number of hydrogen-bond acceptors (Lipinski definition) is 7. The van der Waals surface area contributed by atoms with E-state index < -0.39 is 22.5 Å². The number of carbonyl (C=O) groups excluding carboxylic acids is 1. The summed E-state index contributed by atoms with van der Waals surface area (Å²) in [6.07, 6.45) is 0. The molecule has 0 aromatic heterocycles. The van der Waals surface area contributed by atoms with Crippen LogP contribution in [-0.2, 0) is 14.8 Å². The third kappa shape index (κ3) is 6.14. The van der Waals surface area contributed by atoms with E-state index >= 15 is 0 Å². The topological polar surface area (TPSA) is 107 Å². The summed E-state index contributed by atoms with van der Waals surface area (Å²) in [5.74, 6) is 1.00. The van der Waals surface area contributed by atoms with Crippen LogP contribution in [0.25, 0.3) is 0 Å². The van der Waals surface area contributed by atoms with Gasteiger partial charge in [0, 0.05) is 5.56 Å². The zero-order chi connectivity index (χ0) is 26.3. The molecule has 190 valence electrons. The van der Waals surface area contributed by atoms with Gasteiger partial charge in [-0.25, -0.2) is 13.8 Å². The lowest BCUT2D eigenvalue weighted by atomic mass is 10.1. The lowest BCUT2D eigenvalue weighted by Gasteiger charge is -2.24. The van der Waals surface area contributed by atoms with E-state index in [9.17, 15) is 13.2 Å². The summed E-state index contributed by atoms with van der Waals surface area (Å²) >= 11 is 0. The van der Waals surface area contributed by atoms with Crippen molar-refractivity contribution < 1.29 is 27.4 Å². The molecule has 0 spiro atoms. The minimum atomic E-state index is -4.06. The zero-order valence-corrected chi connectivity index (χ0v) is 21.6. The molecule has 9 nitrogen and oxygen atoms in total. The maximum absolute atomic E-state index is 13.5. The van der Waals surface area contributed by atoms with E-state index in [0.717, 1.165) is 9.87 Å². The van der Waals surface area contributed by atoms with Crippen LogP contribution in [0.1, 0.15) is 18.1 Å². The largest absolute Gasteiger partial charge is 0.497 e. The molecular weight excluding hydrogens is 482 g/mol. The van der Waals surface area contributed by atoms with Crippen molar-refractivity contribution in [3.63, 3.8) is 0 Å². The first-order valence-electron chi connectivity index (χ1n) is 11.0. The smallest absolute Gasteiger partial charge is 0.264 e. The first kappa shape index (κ1) is 26.6. The number of nitrogens with zero attached hydrogens (tertiary/aromatic N) is 2. The predicted molar refractivity (Wildman–Crippen MR) is 139 cm³/mol. The molecule has 0 aliphatic rings. The van der Waals surface area contributed by atoms with E-state index in [1.165, 1.54) is 26.4 Å². The average molecular weight is 512 g/mol. The zero-order valence-electron chi connectivity index (χ0n) is 20.8. The molecule has 0 aliphatic heterocycles. The third-order valence-electron chi connectivity index (χ3n) is 5.41. The van der Waals surface area contributed by atoms with Crippen molar-refractivity contribution >= 4 is 27.3 Å². The Hall–Kier alpha value is -4.05. The summed E-state index contributed by atoms with van der Waals surface area (Å²) in [6, 6.07) is 18.1. The van der Waals surface area contributed by atoms with Gasteiger partial charge in [-0.2, -0.15) is 5.10 Å². The van der Waals surface area contributed by atoms with E-state index in [0.29, 0.717) is 34.2 Å². The van der Waals surface area contributed by atoms with Crippen molar-refractivity contribution in [1.29, 1.82) is 0 Å². The Morgan fingerprint density at radius 3 is 2.11 bits per heavy atom. The molecule has 3 aromatic carbocycles. The Balaban J connectivity index is 1.86. The summed E-state index contributed by atoms with van der Waals surface area (Å²) in [5.41, 5.74) is 4.97. The van der Waals surface area contributed by atoms with Gasteiger partial charge in [-0.3, -0.25) is 9.10 Å². The van der Waals surface area contributed by atoms with Crippen LogP contribution in [-0.4, -0.2) is 47.9 Å². The number of methoxy groups -OCH3 is 3. The summed E-state index contributed by atoms with van der Waals surface area (Å²) in [6.45, 7) is 3.14. The molecule has 0 fully saturated rings. The van der Waals surface area contributed by atoms with Crippen molar-refractivity contribution in [2.45, 2.75) is 18.7 Å². The second kappa shape index (κ2) is 11.6. The van der Waals surface area contributed by atoms with Gasteiger partial charge in [0.15, 0.2) is 11.5 Å². The van der Waals surface area contributed by atoms with Gasteiger partial charge in [-0.05, 0) is 68.4 Å². The van der Waals surface area contributed by atoms with Crippen LogP contribution >= 0.6 is 0 Å². The first-order chi connectivity index (χ1) is 17.2. The second-order valence-corrected chi connectivity index (χ2v) is 9.69. The van der Waals surface area contributed by atoms with Gasteiger partial charge in [0.2, 0.25) is 0 Å². The number of sulfonamides is 1. The summed E-state index contributed by atoms with van der Waals surface area (Å²) in [4.78, 5) is 12.9. The molecule has 1 amide bonds. The minimum Gasteiger partial charge on any atom is -0.497 e. The molecule has 1 N–H and O–H groups in total. The number of aryl methyl sites for hydroxylation is 1. The quantitative estimate of drug-likeness (QED) is 0.328. The Labute approximate surface area is 211 Å². The molecule has 0 saturated heterocycles. The molecular formula is C26H29N3O6S. The fourth-order valence-electron chi connectivity index (χ4n) is 3.34. The number of benzene rings is 3. The van der Waals surface area contributed by atoms with E-state index in [4.69, 9.17) is 14.2 Å². The number of nitrogens with one attached hydrogen (secondary N) is 1. The second-order valence-electron chi connectivity index (χ2n) is 7.82. The molecule has 0 bridgehead atoms. The minimum absolute atomic E-state index is 0.0293. The average Bonchev–Trinajstić information content (AvgIpc) is 2.90. The Bertz CT molecular complexity index is 1340. The van der Waals surface area contributed by atoms with Gasteiger partial charge >= 0.3 is 0 Å². The number of rotatable bonds is 10. The van der Waals surface area contributed by atoms with Gasteiger partial charge in [0.05, 0.1) is 37.6 Å². The Morgan fingerprint density at radius 1 is 0.889 bits per heavy atom. The highest BCUT2D eigenvalue weighted by atomic mass is 32.2. The lowest BCUT2D eigenvalue weighted by Crippen LogP contribution is -2.39. The molecule has 36 heavy (non-hydrogen) atoms. The summed E-state index contributed by atoms with van der Waals surface area (Å²) in [7, 11) is 0.507. The van der Waals surface area contributed by atoms with Gasteiger partial charge in [0.1, 0.15) is 12.3 Å². The molecule has 0 heterocycles. The highest BCUT2D eigenvalue weighted by Gasteiger charge is 2.27. The summed E-state index contributed by atoms with van der Waals surface area (Å²) < 4.78 is 43.7.